The Hall–Kier alpha value is -1.35. The quantitative estimate of drug-likeness (QED) is 0.788. The summed E-state index contributed by atoms with van der Waals surface area (Å²) in [5.41, 5.74) is 8.55. The van der Waals surface area contributed by atoms with Gasteiger partial charge in [0.25, 0.3) is 0 Å². The van der Waals surface area contributed by atoms with Gasteiger partial charge in [-0.15, -0.1) is 0 Å². The molecular weight excluding hydrogens is 226 g/mol. The Morgan fingerprint density at radius 2 is 1.89 bits per heavy atom. The third-order valence-electron chi connectivity index (χ3n) is 3.09. The Labute approximate surface area is 109 Å². The van der Waals surface area contributed by atoms with Crippen molar-refractivity contribution in [2.45, 2.75) is 45.1 Å². The van der Waals surface area contributed by atoms with Gasteiger partial charge in [0, 0.05) is 12.5 Å². The molecule has 18 heavy (non-hydrogen) atoms. The molecule has 0 heterocycles. The van der Waals surface area contributed by atoms with E-state index in [4.69, 9.17) is 5.73 Å². The van der Waals surface area contributed by atoms with Crippen LogP contribution in [0.5, 0.6) is 0 Å². The zero-order chi connectivity index (χ0) is 13.5. The maximum Gasteiger partial charge on any atom is 0.305 e. The lowest BCUT2D eigenvalue weighted by atomic mass is 9.98. The van der Waals surface area contributed by atoms with E-state index in [2.05, 4.69) is 42.8 Å². The molecule has 0 aliphatic heterocycles. The number of benzene rings is 1. The predicted molar refractivity (Wildman–Crippen MR) is 73.5 cm³/mol. The number of esters is 1. The highest BCUT2D eigenvalue weighted by molar-refractivity contribution is 5.69. The summed E-state index contributed by atoms with van der Waals surface area (Å²) < 4.78 is 4.60. The van der Waals surface area contributed by atoms with E-state index in [0.717, 1.165) is 6.42 Å². The van der Waals surface area contributed by atoms with E-state index in [-0.39, 0.29) is 12.0 Å². The molecule has 0 aliphatic rings. The largest absolute Gasteiger partial charge is 0.469 e. The first-order valence-electron chi connectivity index (χ1n) is 6.44. The van der Waals surface area contributed by atoms with Gasteiger partial charge in [0.1, 0.15) is 0 Å². The summed E-state index contributed by atoms with van der Waals surface area (Å²) >= 11 is 0. The van der Waals surface area contributed by atoms with E-state index in [1.165, 1.54) is 18.2 Å². The second-order valence-electron chi connectivity index (χ2n) is 4.98. The second-order valence-corrected chi connectivity index (χ2v) is 4.98. The fourth-order valence-electron chi connectivity index (χ4n) is 1.85. The molecule has 0 bridgehead atoms. The number of rotatable bonds is 6. The van der Waals surface area contributed by atoms with Crippen molar-refractivity contribution in [2.24, 2.45) is 5.73 Å². The third kappa shape index (κ3) is 4.88. The van der Waals surface area contributed by atoms with Gasteiger partial charge in [-0.2, -0.15) is 0 Å². The summed E-state index contributed by atoms with van der Waals surface area (Å²) in [5, 5.41) is 0. The van der Waals surface area contributed by atoms with Crippen molar-refractivity contribution in [1.29, 1.82) is 0 Å². The smallest absolute Gasteiger partial charge is 0.305 e. The molecule has 0 fully saturated rings. The normalized spacial score (nSPS) is 12.5. The molecule has 1 aromatic rings. The summed E-state index contributed by atoms with van der Waals surface area (Å²) in [7, 11) is 1.40. The standard InChI is InChI=1S/C15H23NO2/c1-11(2)13-6-4-12(5-7-13)10-14(16)8-9-15(17)18-3/h4-7,11,14H,8-10,16H2,1-3H3. The van der Waals surface area contributed by atoms with Gasteiger partial charge in [-0.25, -0.2) is 0 Å². The summed E-state index contributed by atoms with van der Waals surface area (Å²) in [5.74, 6) is 0.354. The minimum Gasteiger partial charge on any atom is -0.469 e. The van der Waals surface area contributed by atoms with E-state index in [1.807, 2.05) is 0 Å². The SMILES string of the molecule is COC(=O)CCC(N)Cc1ccc(C(C)C)cc1. The van der Waals surface area contributed by atoms with Crippen LogP contribution in [0.25, 0.3) is 0 Å². The topological polar surface area (TPSA) is 52.3 Å². The lowest BCUT2D eigenvalue weighted by molar-refractivity contribution is -0.140. The number of carbonyl (C=O) groups excluding carboxylic acids is 1. The van der Waals surface area contributed by atoms with E-state index in [0.29, 0.717) is 18.8 Å². The first-order valence-corrected chi connectivity index (χ1v) is 6.44. The third-order valence-corrected chi connectivity index (χ3v) is 3.09. The lowest BCUT2D eigenvalue weighted by Crippen LogP contribution is -2.24. The predicted octanol–water partition coefficient (Wildman–Crippen LogP) is 2.63. The van der Waals surface area contributed by atoms with Crippen LogP contribution in [0.1, 0.15) is 43.7 Å². The van der Waals surface area contributed by atoms with E-state index in [9.17, 15) is 4.79 Å². The van der Waals surface area contributed by atoms with Crippen LogP contribution in [0.2, 0.25) is 0 Å². The fraction of sp³-hybridized carbons (Fsp3) is 0.533. The van der Waals surface area contributed by atoms with Crippen molar-refractivity contribution in [3.05, 3.63) is 35.4 Å². The van der Waals surface area contributed by atoms with Crippen LogP contribution < -0.4 is 5.73 Å². The minimum absolute atomic E-state index is 0.00833. The Balaban J connectivity index is 2.44. The van der Waals surface area contributed by atoms with Crippen molar-refractivity contribution in [2.75, 3.05) is 7.11 Å². The molecule has 1 aromatic carbocycles. The second kappa shape index (κ2) is 7.17. The highest BCUT2D eigenvalue weighted by atomic mass is 16.5. The fourth-order valence-corrected chi connectivity index (χ4v) is 1.85. The summed E-state index contributed by atoms with van der Waals surface area (Å²) in [6, 6.07) is 8.54. The number of nitrogens with two attached hydrogens (primary N) is 1. The van der Waals surface area contributed by atoms with Crippen LogP contribution in [0, 0.1) is 0 Å². The van der Waals surface area contributed by atoms with Gasteiger partial charge in [0.15, 0.2) is 0 Å². The Morgan fingerprint density at radius 3 is 2.39 bits per heavy atom. The van der Waals surface area contributed by atoms with Crippen molar-refractivity contribution in [3.63, 3.8) is 0 Å². The molecule has 1 rings (SSSR count). The first-order chi connectivity index (χ1) is 8.52. The van der Waals surface area contributed by atoms with Crippen LogP contribution in [0.15, 0.2) is 24.3 Å². The Bertz CT molecular complexity index is 371. The zero-order valence-electron chi connectivity index (χ0n) is 11.5. The van der Waals surface area contributed by atoms with Gasteiger partial charge in [0.05, 0.1) is 7.11 Å². The molecule has 0 saturated carbocycles. The van der Waals surface area contributed by atoms with Crippen molar-refractivity contribution in [3.8, 4) is 0 Å². The van der Waals surface area contributed by atoms with Crippen LogP contribution in [-0.2, 0) is 16.0 Å². The maximum atomic E-state index is 11.0. The van der Waals surface area contributed by atoms with E-state index >= 15 is 0 Å². The number of hydrogen-bond acceptors (Lipinski definition) is 3. The molecule has 0 spiro atoms. The van der Waals surface area contributed by atoms with Gasteiger partial charge in [0.2, 0.25) is 0 Å². The van der Waals surface area contributed by atoms with Crippen LogP contribution >= 0.6 is 0 Å². The van der Waals surface area contributed by atoms with Crippen LogP contribution in [0.3, 0.4) is 0 Å². The lowest BCUT2D eigenvalue weighted by Gasteiger charge is -2.12. The molecule has 0 amide bonds. The molecule has 0 radical (unpaired) electrons. The van der Waals surface area contributed by atoms with E-state index in [1.54, 1.807) is 0 Å². The summed E-state index contributed by atoms with van der Waals surface area (Å²) in [6.07, 6.45) is 1.86. The maximum absolute atomic E-state index is 11.0. The summed E-state index contributed by atoms with van der Waals surface area (Å²) in [6.45, 7) is 4.36. The molecule has 0 aromatic heterocycles. The molecule has 0 saturated heterocycles. The Morgan fingerprint density at radius 1 is 1.28 bits per heavy atom. The van der Waals surface area contributed by atoms with Crippen molar-refractivity contribution < 1.29 is 9.53 Å². The van der Waals surface area contributed by atoms with Crippen molar-refractivity contribution >= 4 is 5.97 Å². The zero-order valence-corrected chi connectivity index (χ0v) is 11.5. The van der Waals surface area contributed by atoms with Gasteiger partial charge in [-0.1, -0.05) is 38.1 Å². The number of carbonyl (C=O) groups is 1. The van der Waals surface area contributed by atoms with Crippen LogP contribution in [0.4, 0.5) is 0 Å². The number of methoxy groups -OCH3 is 1. The van der Waals surface area contributed by atoms with Gasteiger partial charge >= 0.3 is 5.97 Å². The molecule has 1 atom stereocenters. The highest BCUT2D eigenvalue weighted by Gasteiger charge is 2.08. The first kappa shape index (κ1) is 14.7. The van der Waals surface area contributed by atoms with Crippen molar-refractivity contribution in [1.82, 2.24) is 0 Å². The summed E-state index contributed by atoms with van der Waals surface area (Å²) in [4.78, 5) is 11.0. The molecule has 0 aliphatic carbocycles. The average molecular weight is 249 g/mol. The molecule has 100 valence electrons. The van der Waals surface area contributed by atoms with Gasteiger partial charge in [-0.05, 0) is 29.9 Å². The molecule has 2 N–H and O–H groups in total. The van der Waals surface area contributed by atoms with E-state index < -0.39 is 0 Å². The van der Waals surface area contributed by atoms with Gasteiger partial charge in [-0.3, -0.25) is 4.79 Å². The number of hydrogen-bond donors (Lipinski definition) is 1. The molecule has 1 unspecified atom stereocenters. The highest BCUT2D eigenvalue weighted by Crippen LogP contribution is 2.15. The van der Waals surface area contributed by atoms with Crippen LogP contribution in [-0.4, -0.2) is 19.1 Å². The minimum atomic E-state index is -0.194. The molecular formula is C15H23NO2. The average Bonchev–Trinajstić information content (AvgIpc) is 2.36. The molecule has 3 heteroatoms. The number of ether oxygens (including phenoxy) is 1. The Kier molecular flexibility index (Phi) is 5.86. The molecule has 3 nitrogen and oxygen atoms in total. The monoisotopic (exact) mass is 249 g/mol. The van der Waals surface area contributed by atoms with Gasteiger partial charge < -0.3 is 10.5 Å².